The van der Waals surface area contributed by atoms with Gasteiger partial charge >= 0.3 is 0 Å². The molecule has 1 nitrogen and oxygen atoms in total. The molecule has 1 saturated carbocycles. The van der Waals surface area contributed by atoms with Crippen LogP contribution in [0, 0.1) is 23.2 Å². The molecule has 0 aromatic heterocycles. The van der Waals surface area contributed by atoms with Crippen molar-refractivity contribution in [2.75, 3.05) is 0 Å². The van der Waals surface area contributed by atoms with Crippen molar-refractivity contribution in [3.63, 3.8) is 0 Å². The number of aryl methyl sites for hydroxylation is 1. The minimum atomic E-state index is 0.652. The van der Waals surface area contributed by atoms with E-state index < -0.39 is 0 Å². The fourth-order valence-corrected chi connectivity index (χ4v) is 4.60. The summed E-state index contributed by atoms with van der Waals surface area (Å²) in [4.78, 5) is 0. The van der Waals surface area contributed by atoms with Gasteiger partial charge in [-0.15, -0.1) is 6.58 Å². The van der Waals surface area contributed by atoms with Crippen LogP contribution in [0.1, 0.15) is 77.3 Å². The van der Waals surface area contributed by atoms with E-state index in [0.29, 0.717) is 17.4 Å². The van der Waals surface area contributed by atoms with E-state index in [1.807, 2.05) is 18.2 Å². The molecular weight excluding hydrogens is 386 g/mol. The summed E-state index contributed by atoms with van der Waals surface area (Å²) in [5.41, 5.74) is 6.97. The molecule has 0 bridgehead atoms. The molecule has 0 radical (unpaired) electrons. The van der Waals surface area contributed by atoms with Gasteiger partial charge in [-0.3, -0.25) is 0 Å². The molecule has 4 rings (SSSR count). The molecule has 0 aliphatic heterocycles. The second kappa shape index (κ2) is 10.7. The third-order valence-corrected chi connectivity index (χ3v) is 6.56. The van der Waals surface area contributed by atoms with Crippen molar-refractivity contribution in [3.05, 3.63) is 119 Å². The summed E-state index contributed by atoms with van der Waals surface area (Å²) in [6, 6.07) is 27.6. The van der Waals surface area contributed by atoms with Crippen LogP contribution in [-0.2, 0) is 6.42 Å². The average molecular weight is 416 g/mol. The number of benzene rings is 3. The Balaban J connectivity index is 1.32. The maximum atomic E-state index is 8.89. The molecule has 0 saturated heterocycles. The lowest BCUT2D eigenvalue weighted by atomic mass is 9.76. The first-order valence-electron chi connectivity index (χ1n) is 11.6. The largest absolute Gasteiger partial charge is 0.192 e. The van der Waals surface area contributed by atoms with E-state index in [0.717, 1.165) is 24.0 Å². The van der Waals surface area contributed by atoms with E-state index in [2.05, 4.69) is 73.0 Å². The number of nitriles is 1. The predicted molar refractivity (Wildman–Crippen MR) is 132 cm³/mol. The Morgan fingerprint density at radius 3 is 1.59 bits per heavy atom. The maximum absolute atomic E-state index is 8.89. The SMILES string of the molecule is C=CCCc1ccc([C@H]2CC[C@H](c3ccc(C#Cc4ccc(C#N)cc4)cc3)CC2)cc1. The van der Waals surface area contributed by atoms with Crippen molar-refractivity contribution in [3.8, 4) is 17.9 Å². The number of allylic oxidation sites excluding steroid dienone is 1. The van der Waals surface area contributed by atoms with Crippen LogP contribution >= 0.6 is 0 Å². The molecule has 0 amide bonds. The molecule has 0 spiro atoms. The second-order valence-electron chi connectivity index (χ2n) is 8.68. The zero-order chi connectivity index (χ0) is 22.2. The molecule has 32 heavy (non-hydrogen) atoms. The van der Waals surface area contributed by atoms with Crippen LogP contribution in [0.25, 0.3) is 0 Å². The molecule has 158 valence electrons. The quantitative estimate of drug-likeness (QED) is 0.312. The Labute approximate surface area is 192 Å². The first-order valence-corrected chi connectivity index (χ1v) is 11.6. The lowest BCUT2D eigenvalue weighted by molar-refractivity contribution is 0.396. The highest BCUT2D eigenvalue weighted by Crippen LogP contribution is 2.40. The first-order chi connectivity index (χ1) is 15.7. The average Bonchev–Trinajstić information content (AvgIpc) is 2.87. The number of hydrogen-bond acceptors (Lipinski definition) is 1. The normalized spacial score (nSPS) is 17.6. The molecule has 3 aromatic rings. The number of hydrogen-bond donors (Lipinski definition) is 0. The Kier molecular flexibility index (Phi) is 7.22. The Morgan fingerprint density at radius 1 is 0.688 bits per heavy atom. The van der Waals surface area contributed by atoms with Gasteiger partial charge in [0.15, 0.2) is 0 Å². The van der Waals surface area contributed by atoms with E-state index in [1.54, 1.807) is 12.1 Å². The van der Waals surface area contributed by atoms with Gasteiger partial charge in [0.05, 0.1) is 11.6 Å². The number of rotatable bonds is 5. The highest BCUT2D eigenvalue weighted by Gasteiger charge is 2.23. The topological polar surface area (TPSA) is 23.8 Å². The van der Waals surface area contributed by atoms with Crippen molar-refractivity contribution in [1.82, 2.24) is 0 Å². The van der Waals surface area contributed by atoms with Gasteiger partial charge in [-0.25, -0.2) is 0 Å². The summed E-state index contributed by atoms with van der Waals surface area (Å²) in [6.45, 7) is 3.82. The van der Waals surface area contributed by atoms with Crippen LogP contribution in [0.15, 0.2) is 85.5 Å². The Hall–Kier alpha value is -3.55. The van der Waals surface area contributed by atoms with Gasteiger partial charge < -0.3 is 0 Å². The standard InChI is InChI=1S/C31H29N/c1-2-3-4-24-11-15-28(16-12-24)30-19-21-31(22-20-30)29-17-13-26(14-18-29)6-5-25-7-9-27(23-32)10-8-25/h2,7-18,30-31H,1,3-4,19-22H2/t30-,31-. The van der Waals surface area contributed by atoms with Crippen molar-refractivity contribution >= 4 is 0 Å². The zero-order valence-corrected chi connectivity index (χ0v) is 18.6. The molecule has 0 atom stereocenters. The fourth-order valence-electron chi connectivity index (χ4n) is 4.60. The molecule has 1 heteroatoms. The lowest BCUT2D eigenvalue weighted by Gasteiger charge is -2.29. The van der Waals surface area contributed by atoms with Gasteiger partial charge in [-0.1, -0.05) is 54.3 Å². The fraction of sp³-hybridized carbons (Fsp3) is 0.258. The van der Waals surface area contributed by atoms with Gasteiger partial charge in [0.25, 0.3) is 0 Å². The van der Waals surface area contributed by atoms with Crippen LogP contribution in [0.3, 0.4) is 0 Å². The van der Waals surface area contributed by atoms with Gasteiger partial charge in [0, 0.05) is 11.1 Å². The summed E-state index contributed by atoms with van der Waals surface area (Å²) in [7, 11) is 0. The van der Waals surface area contributed by atoms with E-state index in [1.165, 1.54) is 42.4 Å². The number of nitrogens with zero attached hydrogens (tertiary/aromatic N) is 1. The molecular formula is C31H29N. The maximum Gasteiger partial charge on any atom is 0.0991 e. The highest BCUT2D eigenvalue weighted by atomic mass is 14.3. The van der Waals surface area contributed by atoms with Crippen LogP contribution in [-0.4, -0.2) is 0 Å². The van der Waals surface area contributed by atoms with Crippen molar-refractivity contribution in [1.29, 1.82) is 5.26 Å². The molecule has 0 N–H and O–H groups in total. The minimum absolute atomic E-state index is 0.652. The smallest absolute Gasteiger partial charge is 0.0991 e. The van der Waals surface area contributed by atoms with Crippen LogP contribution in [0.5, 0.6) is 0 Å². The van der Waals surface area contributed by atoms with Crippen molar-refractivity contribution in [2.45, 2.75) is 50.4 Å². The zero-order valence-electron chi connectivity index (χ0n) is 18.6. The van der Waals surface area contributed by atoms with E-state index in [4.69, 9.17) is 5.26 Å². The Morgan fingerprint density at radius 2 is 1.12 bits per heavy atom. The van der Waals surface area contributed by atoms with Gasteiger partial charge in [0.1, 0.15) is 0 Å². The summed E-state index contributed by atoms with van der Waals surface area (Å²) in [5.74, 6) is 7.77. The van der Waals surface area contributed by atoms with Gasteiger partial charge in [0.2, 0.25) is 0 Å². The van der Waals surface area contributed by atoms with Gasteiger partial charge in [-0.2, -0.15) is 5.26 Å². The third kappa shape index (κ3) is 5.57. The molecule has 0 unspecified atom stereocenters. The summed E-state index contributed by atoms with van der Waals surface area (Å²) in [6.07, 6.45) is 9.14. The summed E-state index contributed by atoms with van der Waals surface area (Å²) < 4.78 is 0. The summed E-state index contributed by atoms with van der Waals surface area (Å²) in [5, 5.41) is 8.89. The predicted octanol–water partition coefficient (Wildman–Crippen LogP) is 7.52. The van der Waals surface area contributed by atoms with E-state index >= 15 is 0 Å². The van der Waals surface area contributed by atoms with Crippen molar-refractivity contribution in [2.24, 2.45) is 0 Å². The van der Waals surface area contributed by atoms with Gasteiger partial charge in [-0.05, 0) is 103 Å². The molecule has 3 aromatic carbocycles. The van der Waals surface area contributed by atoms with Crippen LogP contribution in [0.2, 0.25) is 0 Å². The van der Waals surface area contributed by atoms with E-state index in [9.17, 15) is 0 Å². The first kappa shape index (κ1) is 21.7. The van der Waals surface area contributed by atoms with E-state index in [-0.39, 0.29) is 0 Å². The lowest BCUT2D eigenvalue weighted by Crippen LogP contribution is -2.12. The van der Waals surface area contributed by atoms with Crippen molar-refractivity contribution < 1.29 is 0 Å². The molecule has 1 aliphatic rings. The van der Waals surface area contributed by atoms with Crippen LogP contribution in [0.4, 0.5) is 0 Å². The molecule has 0 heterocycles. The monoisotopic (exact) mass is 415 g/mol. The van der Waals surface area contributed by atoms with Crippen LogP contribution < -0.4 is 0 Å². The third-order valence-electron chi connectivity index (χ3n) is 6.56. The summed E-state index contributed by atoms with van der Waals surface area (Å²) >= 11 is 0. The molecule has 1 aliphatic carbocycles. The molecule has 1 fully saturated rings. The highest BCUT2D eigenvalue weighted by molar-refractivity contribution is 5.45. The minimum Gasteiger partial charge on any atom is -0.192 e. The Bertz CT molecular complexity index is 1120. The second-order valence-corrected chi connectivity index (χ2v) is 8.68.